The quantitative estimate of drug-likeness (QED) is 0.0759. The molecule has 0 radical (unpaired) electrons. The van der Waals surface area contributed by atoms with Gasteiger partial charge in [-0.3, -0.25) is 43.4 Å². The molecule has 3 saturated heterocycles. The van der Waals surface area contributed by atoms with Crippen LogP contribution in [-0.2, 0) is 40.7 Å². The highest BCUT2D eigenvalue weighted by molar-refractivity contribution is 9.10. The lowest BCUT2D eigenvalue weighted by molar-refractivity contribution is -0.142. The van der Waals surface area contributed by atoms with Crippen LogP contribution in [0.25, 0.3) is 10.1 Å². The molecule has 0 spiro atoms. The van der Waals surface area contributed by atoms with Crippen molar-refractivity contribution in [3.8, 4) is 11.8 Å². The van der Waals surface area contributed by atoms with E-state index in [1.807, 2.05) is 11.8 Å². The molecule has 5 N–H and O–H groups in total. The lowest BCUT2D eigenvalue weighted by Crippen LogP contribution is -2.61. The second-order valence-corrected chi connectivity index (χ2v) is 20.8. The van der Waals surface area contributed by atoms with Gasteiger partial charge in [0.15, 0.2) is 0 Å². The number of likely N-dealkylation sites (N-methyl/N-ethyl adjacent to an activating group) is 1. The molecule has 3 fully saturated rings. The largest absolute Gasteiger partial charge is 0.399 e. The Labute approximate surface area is 407 Å². The van der Waals surface area contributed by atoms with Crippen LogP contribution in [0.4, 0.5) is 14.5 Å². The fourth-order valence-corrected chi connectivity index (χ4v) is 11.0. The maximum atomic E-state index is 14.8. The van der Waals surface area contributed by atoms with Crippen LogP contribution in [-0.4, -0.2) is 123 Å². The Morgan fingerprint density at radius 2 is 1.78 bits per heavy atom. The van der Waals surface area contributed by atoms with Gasteiger partial charge in [-0.1, -0.05) is 46.8 Å². The first kappa shape index (κ1) is 49.5. The molecule has 4 atom stereocenters. The van der Waals surface area contributed by atoms with Crippen LogP contribution in [0.15, 0.2) is 71.2 Å². The van der Waals surface area contributed by atoms with E-state index in [4.69, 9.17) is 0 Å². The Balaban J connectivity index is 0.947. The smallest absolute Gasteiger partial charge is 0.345 e. The van der Waals surface area contributed by atoms with Gasteiger partial charge in [-0.15, -0.1) is 11.3 Å². The summed E-state index contributed by atoms with van der Waals surface area (Å²) in [6.07, 6.45) is 1.64. The summed E-state index contributed by atoms with van der Waals surface area (Å²) in [7, 11) is -5.84. The normalized spacial score (nSPS) is 20.9. The first-order chi connectivity index (χ1) is 32.8. The fraction of sp³-hybridized carbons (Fsp3) is 0.383. The molecule has 17 nitrogen and oxygen atoms in total. The van der Waals surface area contributed by atoms with Gasteiger partial charge in [-0.2, -0.15) is 8.78 Å². The van der Waals surface area contributed by atoms with Crippen molar-refractivity contribution in [1.82, 2.24) is 30.7 Å². The number of thiophene rings is 1. The van der Waals surface area contributed by atoms with Gasteiger partial charge in [-0.05, 0) is 97.8 Å². The van der Waals surface area contributed by atoms with E-state index in [1.165, 1.54) is 21.9 Å². The molecule has 69 heavy (non-hydrogen) atoms. The van der Waals surface area contributed by atoms with E-state index >= 15 is 0 Å². The molecule has 362 valence electrons. The summed E-state index contributed by atoms with van der Waals surface area (Å²) < 4.78 is 41.8. The van der Waals surface area contributed by atoms with E-state index in [0.29, 0.717) is 59.4 Å². The van der Waals surface area contributed by atoms with Gasteiger partial charge < -0.3 is 40.0 Å². The van der Waals surface area contributed by atoms with Gasteiger partial charge in [0.05, 0.1) is 11.4 Å². The zero-order valence-corrected chi connectivity index (χ0v) is 40.4. The number of hydrogen-bond donors (Lipinski definition) is 5. The number of hydrogen-bond acceptors (Lipinski definition) is 10. The van der Waals surface area contributed by atoms with Crippen LogP contribution in [0.3, 0.4) is 0 Å². The number of nitrogens with zero attached hydrogens (tertiary/aromatic N) is 4. The van der Waals surface area contributed by atoms with E-state index in [9.17, 15) is 56.7 Å². The highest BCUT2D eigenvalue weighted by atomic mass is 79.9. The molecule has 3 aromatic carbocycles. The monoisotopic (exact) mass is 1050 g/mol. The minimum absolute atomic E-state index is 0.0507. The van der Waals surface area contributed by atoms with Crippen molar-refractivity contribution in [3.05, 3.63) is 98.3 Å². The maximum Gasteiger partial charge on any atom is 0.399 e. The van der Waals surface area contributed by atoms with E-state index in [1.54, 1.807) is 47.4 Å². The molecule has 4 aromatic rings. The zero-order valence-electron chi connectivity index (χ0n) is 37.1. The predicted octanol–water partition coefficient (Wildman–Crippen LogP) is 4.43. The Morgan fingerprint density at radius 1 is 1.01 bits per heavy atom. The van der Waals surface area contributed by atoms with Crippen LogP contribution >= 0.6 is 34.9 Å². The molecule has 0 bridgehead atoms. The third kappa shape index (κ3) is 10.4. The number of halogens is 3. The fourth-order valence-electron chi connectivity index (χ4n) is 9.27. The molecule has 4 aliphatic heterocycles. The standard InChI is InChI=1S/C47H47BrF2N7O10PS/c1-2-54-21-18-32-13-14-37(57(32)45(63)35(26-54)52-43(61)39-24-28-23-29(8-16-38(28)69-39)47(49,50)68(65,66)67)46(64)55(31-11-9-30(48)10-12-31)22-19-40(58)51-20-4-6-27-5-3-7-33-34(27)25-56(44(33)62)36-15-17-41(59)53-42(36)60/h3,5,7-12,16,23-24,32,35-37H,2,13-15,17-22,25-26H2,1H3,(H,51,58)(H,52,61)(H,53,59,60)(H2,65,66,67)/t32-,35+,36?,37+/m1/s1. The van der Waals surface area contributed by atoms with Crippen LogP contribution < -0.4 is 20.9 Å². The Morgan fingerprint density at radius 3 is 2.51 bits per heavy atom. The number of anilines is 1. The first-order valence-electron chi connectivity index (χ1n) is 22.3. The molecule has 0 saturated carbocycles. The highest BCUT2D eigenvalue weighted by Gasteiger charge is 2.51. The van der Waals surface area contributed by atoms with Gasteiger partial charge in [0.25, 0.3) is 11.8 Å². The zero-order chi connectivity index (χ0) is 49.4. The SMILES string of the molecule is CCN1CC[C@H]2CC[C@@H](C(=O)N(CCC(=O)NCC#Cc3cccc4c3CN(C3CCC(=O)NC3=O)C4=O)c3ccc(Br)cc3)N2C(=O)[C@@H](NC(=O)c2cc3cc(C(F)(F)P(=O)(O)O)ccc3s2)C1. The minimum Gasteiger partial charge on any atom is -0.345 e. The van der Waals surface area contributed by atoms with E-state index in [0.717, 1.165) is 27.9 Å². The second kappa shape index (κ2) is 20.2. The van der Waals surface area contributed by atoms with Gasteiger partial charge in [0, 0.05) is 76.6 Å². The Bertz CT molecular complexity index is 2870. The third-order valence-corrected chi connectivity index (χ3v) is 15.5. The summed E-state index contributed by atoms with van der Waals surface area (Å²) in [6, 6.07) is 13.3. The maximum absolute atomic E-state index is 14.8. The van der Waals surface area contributed by atoms with Crippen LogP contribution in [0.2, 0.25) is 0 Å². The van der Waals surface area contributed by atoms with Crippen LogP contribution in [0.1, 0.15) is 82.2 Å². The summed E-state index contributed by atoms with van der Waals surface area (Å²) >= 11 is 4.39. The van der Waals surface area contributed by atoms with Crippen molar-refractivity contribution in [2.75, 3.05) is 37.6 Å². The number of piperidine rings is 1. The highest BCUT2D eigenvalue weighted by Crippen LogP contribution is 2.59. The van der Waals surface area contributed by atoms with Crippen molar-refractivity contribution in [3.63, 3.8) is 0 Å². The number of fused-ring (bicyclic) bond motifs is 3. The molecular formula is C47H47BrF2N7O10PS. The van der Waals surface area contributed by atoms with Gasteiger partial charge >= 0.3 is 13.3 Å². The van der Waals surface area contributed by atoms with Crippen LogP contribution in [0.5, 0.6) is 0 Å². The van der Waals surface area contributed by atoms with Crippen LogP contribution in [0, 0.1) is 11.8 Å². The minimum atomic E-state index is -5.84. The van der Waals surface area contributed by atoms with E-state index in [-0.39, 0.29) is 73.6 Å². The van der Waals surface area contributed by atoms with Crippen molar-refractivity contribution in [1.29, 1.82) is 0 Å². The number of carbonyl (C=O) groups is 7. The summed E-state index contributed by atoms with van der Waals surface area (Å²) in [5.74, 6) is 2.76. The number of amides is 7. The average Bonchev–Trinajstić information content (AvgIpc) is 4.03. The summed E-state index contributed by atoms with van der Waals surface area (Å²) in [6.45, 7) is 3.23. The van der Waals surface area contributed by atoms with Crippen molar-refractivity contribution < 1.29 is 56.7 Å². The average molecular weight is 1050 g/mol. The third-order valence-electron chi connectivity index (χ3n) is 12.9. The Hall–Kier alpha value is -5.88. The summed E-state index contributed by atoms with van der Waals surface area (Å²) in [4.78, 5) is 119. The number of carbonyl (C=O) groups excluding carboxylic acids is 7. The number of benzene rings is 3. The molecule has 0 aliphatic carbocycles. The van der Waals surface area contributed by atoms with E-state index < -0.39 is 66.5 Å². The number of imide groups is 1. The topological polar surface area (TPSA) is 226 Å². The molecule has 1 aromatic heterocycles. The molecule has 5 heterocycles. The second-order valence-electron chi connectivity index (χ2n) is 17.2. The molecule has 4 aliphatic rings. The molecule has 1 unspecified atom stereocenters. The lowest BCUT2D eigenvalue weighted by Gasteiger charge is -2.39. The number of rotatable bonds is 12. The lowest BCUT2D eigenvalue weighted by atomic mass is 10.0. The van der Waals surface area contributed by atoms with Crippen molar-refractivity contribution in [2.24, 2.45) is 0 Å². The van der Waals surface area contributed by atoms with Gasteiger partial charge in [0.1, 0.15) is 18.1 Å². The molecule has 8 rings (SSSR count). The molecular weight excluding hydrogens is 1000 g/mol. The Kier molecular flexibility index (Phi) is 14.5. The van der Waals surface area contributed by atoms with E-state index in [2.05, 4.69) is 43.7 Å². The van der Waals surface area contributed by atoms with Crippen molar-refractivity contribution >= 4 is 92.0 Å². The first-order valence-corrected chi connectivity index (χ1v) is 25.5. The van der Waals surface area contributed by atoms with Crippen molar-refractivity contribution in [2.45, 2.75) is 81.8 Å². The molecule has 22 heteroatoms. The van der Waals surface area contributed by atoms with Gasteiger partial charge in [-0.25, -0.2) is 0 Å². The number of nitrogens with one attached hydrogen (secondary N) is 3. The molecule has 7 amide bonds. The summed E-state index contributed by atoms with van der Waals surface area (Å²) in [5.41, 5.74) is -3.25. The number of alkyl halides is 2. The van der Waals surface area contributed by atoms with Gasteiger partial charge in [0.2, 0.25) is 29.5 Å². The predicted molar refractivity (Wildman–Crippen MR) is 253 cm³/mol. The summed E-state index contributed by atoms with van der Waals surface area (Å²) in [5, 5.41) is 8.04.